The maximum absolute atomic E-state index is 13.3. The molecule has 0 unspecified atom stereocenters. The third kappa shape index (κ3) is 3.88. The van der Waals surface area contributed by atoms with Crippen molar-refractivity contribution in [2.24, 2.45) is 0 Å². The van der Waals surface area contributed by atoms with Gasteiger partial charge in [0.15, 0.2) is 11.6 Å². The zero-order valence-corrected chi connectivity index (χ0v) is 12.6. The highest BCUT2D eigenvalue weighted by molar-refractivity contribution is 7.12. The fourth-order valence-electron chi connectivity index (χ4n) is 1.90. The first-order chi connectivity index (χ1) is 10.5. The molecule has 0 saturated heterocycles. The van der Waals surface area contributed by atoms with E-state index in [-0.39, 0.29) is 30.6 Å². The topological polar surface area (TPSA) is 49.4 Å². The summed E-state index contributed by atoms with van der Waals surface area (Å²) in [4.78, 5) is 25.3. The molecule has 1 aromatic heterocycles. The largest absolute Gasteiger partial charge is 0.350 e. The number of nitrogens with one attached hydrogen (secondary N) is 1. The Bertz CT molecular complexity index is 674. The van der Waals surface area contributed by atoms with E-state index in [0.29, 0.717) is 4.88 Å². The molecule has 0 aliphatic rings. The molecule has 0 fully saturated rings. The molecule has 1 heterocycles. The van der Waals surface area contributed by atoms with Crippen LogP contribution >= 0.6 is 11.3 Å². The Morgan fingerprint density at radius 3 is 2.59 bits per heavy atom. The fourth-order valence-corrected chi connectivity index (χ4v) is 2.54. The summed E-state index contributed by atoms with van der Waals surface area (Å²) in [6.07, 6.45) is 0. The second-order valence-electron chi connectivity index (χ2n) is 4.50. The molecule has 2 rings (SSSR count). The van der Waals surface area contributed by atoms with Crippen LogP contribution in [0.25, 0.3) is 0 Å². The smallest absolute Gasteiger partial charge is 0.261 e. The third-order valence-electron chi connectivity index (χ3n) is 2.96. The van der Waals surface area contributed by atoms with Crippen molar-refractivity contribution >= 4 is 28.8 Å². The van der Waals surface area contributed by atoms with Gasteiger partial charge in [-0.2, -0.15) is 0 Å². The van der Waals surface area contributed by atoms with Gasteiger partial charge < -0.3 is 10.2 Å². The molecule has 7 heteroatoms. The van der Waals surface area contributed by atoms with Crippen LogP contribution in [0.1, 0.15) is 16.6 Å². The summed E-state index contributed by atoms with van der Waals surface area (Å²) in [7, 11) is 0. The average Bonchev–Trinajstić information content (AvgIpc) is 3.00. The van der Waals surface area contributed by atoms with E-state index in [1.54, 1.807) is 17.5 Å². The molecule has 0 radical (unpaired) electrons. The van der Waals surface area contributed by atoms with Crippen molar-refractivity contribution in [3.05, 3.63) is 52.2 Å². The van der Waals surface area contributed by atoms with Crippen molar-refractivity contribution < 1.29 is 18.4 Å². The van der Waals surface area contributed by atoms with Crippen molar-refractivity contribution in [2.75, 3.05) is 18.0 Å². The first kappa shape index (κ1) is 16.1. The minimum atomic E-state index is -1.02. The zero-order chi connectivity index (χ0) is 16.1. The van der Waals surface area contributed by atoms with Gasteiger partial charge in [0.2, 0.25) is 5.91 Å². The van der Waals surface area contributed by atoms with E-state index in [4.69, 9.17) is 0 Å². The van der Waals surface area contributed by atoms with Crippen molar-refractivity contribution in [3.8, 4) is 0 Å². The number of rotatable bonds is 5. The maximum Gasteiger partial charge on any atom is 0.261 e. The number of halogens is 2. The Labute approximate surface area is 130 Å². The van der Waals surface area contributed by atoms with E-state index in [2.05, 4.69) is 5.32 Å². The van der Waals surface area contributed by atoms with Gasteiger partial charge in [-0.25, -0.2) is 8.78 Å². The summed E-state index contributed by atoms with van der Waals surface area (Å²) >= 11 is 1.31. The summed E-state index contributed by atoms with van der Waals surface area (Å²) < 4.78 is 26.2. The van der Waals surface area contributed by atoms with E-state index in [0.717, 1.165) is 12.1 Å². The predicted octanol–water partition coefficient (Wildman–Crippen LogP) is 2.81. The average molecular weight is 324 g/mol. The van der Waals surface area contributed by atoms with Crippen LogP contribution in [0.2, 0.25) is 0 Å². The second-order valence-corrected chi connectivity index (χ2v) is 5.45. The van der Waals surface area contributed by atoms with Crippen LogP contribution in [-0.4, -0.2) is 24.9 Å². The Balaban J connectivity index is 1.99. The second kappa shape index (κ2) is 7.13. The summed E-state index contributed by atoms with van der Waals surface area (Å²) in [5, 5.41) is 4.47. The quantitative estimate of drug-likeness (QED) is 0.919. The number of amides is 2. The van der Waals surface area contributed by atoms with Crippen molar-refractivity contribution in [3.63, 3.8) is 0 Å². The van der Waals surface area contributed by atoms with Gasteiger partial charge in [-0.1, -0.05) is 6.07 Å². The van der Waals surface area contributed by atoms with E-state index in [1.165, 1.54) is 29.2 Å². The monoisotopic (exact) mass is 324 g/mol. The zero-order valence-electron chi connectivity index (χ0n) is 11.8. The van der Waals surface area contributed by atoms with Gasteiger partial charge in [0, 0.05) is 31.8 Å². The van der Waals surface area contributed by atoms with E-state index in [9.17, 15) is 18.4 Å². The Morgan fingerprint density at radius 2 is 2.00 bits per heavy atom. The molecule has 116 valence electrons. The number of carbonyl (C=O) groups is 2. The molecule has 0 spiro atoms. The molecule has 1 aromatic carbocycles. The number of benzene rings is 1. The molecule has 22 heavy (non-hydrogen) atoms. The van der Waals surface area contributed by atoms with E-state index >= 15 is 0 Å². The van der Waals surface area contributed by atoms with Crippen LogP contribution in [-0.2, 0) is 4.79 Å². The lowest BCUT2D eigenvalue weighted by Crippen LogP contribution is -2.37. The first-order valence-electron chi connectivity index (χ1n) is 6.54. The number of nitrogens with zero attached hydrogens (tertiary/aromatic N) is 1. The maximum atomic E-state index is 13.3. The Morgan fingerprint density at radius 1 is 1.23 bits per heavy atom. The highest BCUT2D eigenvalue weighted by atomic mass is 32.1. The lowest BCUT2D eigenvalue weighted by molar-refractivity contribution is -0.116. The standard InChI is InChI=1S/C15H14F2N2O2S/c1-10(20)19(11-4-5-12(16)13(17)9-11)7-6-18-15(21)14-3-2-8-22-14/h2-5,8-9H,6-7H2,1H3,(H,18,21). The highest BCUT2D eigenvalue weighted by Crippen LogP contribution is 2.18. The van der Waals surface area contributed by atoms with Crippen LogP contribution in [0.15, 0.2) is 35.7 Å². The summed E-state index contributed by atoms with van der Waals surface area (Å²) in [6, 6.07) is 6.70. The molecule has 4 nitrogen and oxygen atoms in total. The molecular weight excluding hydrogens is 310 g/mol. The number of carbonyl (C=O) groups excluding carboxylic acids is 2. The molecule has 1 N–H and O–H groups in total. The van der Waals surface area contributed by atoms with Gasteiger partial charge in [-0.3, -0.25) is 9.59 Å². The van der Waals surface area contributed by atoms with Gasteiger partial charge in [0.05, 0.1) is 4.88 Å². The predicted molar refractivity (Wildman–Crippen MR) is 81.0 cm³/mol. The van der Waals surface area contributed by atoms with Crippen LogP contribution in [0.5, 0.6) is 0 Å². The van der Waals surface area contributed by atoms with E-state index in [1.807, 2.05) is 0 Å². The Kier molecular flexibility index (Phi) is 5.21. The molecule has 0 saturated carbocycles. The lowest BCUT2D eigenvalue weighted by atomic mass is 10.2. The number of hydrogen-bond acceptors (Lipinski definition) is 3. The van der Waals surface area contributed by atoms with Gasteiger partial charge in [-0.05, 0) is 23.6 Å². The first-order valence-corrected chi connectivity index (χ1v) is 7.42. The molecule has 2 amide bonds. The number of hydrogen-bond donors (Lipinski definition) is 1. The number of anilines is 1. The van der Waals surface area contributed by atoms with E-state index < -0.39 is 11.6 Å². The summed E-state index contributed by atoms with van der Waals surface area (Å²) in [6.45, 7) is 1.69. The van der Waals surface area contributed by atoms with Crippen molar-refractivity contribution in [1.82, 2.24) is 5.32 Å². The normalized spacial score (nSPS) is 10.3. The molecule has 2 aromatic rings. The molecule has 0 aliphatic carbocycles. The third-order valence-corrected chi connectivity index (χ3v) is 3.83. The SMILES string of the molecule is CC(=O)N(CCNC(=O)c1cccs1)c1ccc(F)c(F)c1. The van der Waals surface area contributed by atoms with Crippen molar-refractivity contribution in [2.45, 2.75) is 6.92 Å². The van der Waals surface area contributed by atoms with Gasteiger partial charge in [0.1, 0.15) is 0 Å². The molecular formula is C15H14F2N2O2S. The minimum Gasteiger partial charge on any atom is -0.350 e. The van der Waals surface area contributed by atoms with Gasteiger partial charge in [-0.15, -0.1) is 11.3 Å². The van der Waals surface area contributed by atoms with Crippen molar-refractivity contribution in [1.29, 1.82) is 0 Å². The minimum absolute atomic E-state index is 0.164. The molecule has 0 aliphatic heterocycles. The summed E-state index contributed by atoms with van der Waals surface area (Å²) in [5.74, 6) is -2.55. The molecule has 0 atom stereocenters. The lowest BCUT2D eigenvalue weighted by Gasteiger charge is -2.21. The van der Waals surface area contributed by atoms with Crippen LogP contribution in [0.3, 0.4) is 0 Å². The van der Waals surface area contributed by atoms with Crippen LogP contribution in [0, 0.1) is 11.6 Å². The molecule has 0 bridgehead atoms. The summed E-state index contributed by atoms with van der Waals surface area (Å²) in [5.41, 5.74) is 0.247. The van der Waals surface area contributed by atoms with Crippen LogP contribution in [0.4, 0.5) is 14.5 Å². The fraction of sp³-hybridized carbons (Fsp3) is 0.200. The Hall–Kier alpha value is -2.28. The highest BCUT2D eigenvalue weighted by Gasteiger charge is 2.14. The van der Waals surface area contributed by atoms with Crippen LogP contribution < -0.4 is 10.2 Å². The van der Waals surface area contributed by atoms with Gasteiger partial charge >= 0.3 is 0 Å². The van der Waals surface area contributed by atoms with Gasteiger partial charge in [0.25, 0.3) is 5.91 Å². The number of thiophene rings is 1.